The van der Waals surface area contributed by atoms with Gasteiger partial charge in [-0.3, -0.25) is 10.1 Å². The number of nitrogens with two attached hydrogens (primary N) is 1. The zero-order valence-electron chi connectivity index (χ0n) is 7.47. The van der Waals surface area contributed by atoms with Crippen molar-refractivity contribution in [2.45, 2.75) is 12.5 Å². The summed E-state index contributed by atoms with van der Waals surface area (Å²) in [4.78, 5) is 10.2. The van der Waals surface area contributed by atoms with E-state index in [4.69, 9.17) is 10.5 Å². The summed E-state index contributed by atoms with van der Waals surface area (Å²) >= 11 is 0. The lowest BCUT2D eigenvalue weighted by Crippen LogP contribution is -2.21. The standard InChI is InChI=1S/C9H10N2O3/c10-7-4-5-14-9-6(7)2-1-3-8(9)11(12)13/h1-3,7H,4-5,10H2/t7-/m1/s1. The number of nitro groups is 1. The summed E-state index contributed by atoms with van der Waals surface area (Å²) in [6.45, 7) is 0.443. The van der Waals surface area contributed by atoms with Crippen LogP contribution < -0.4 is 10.5 Å². The van der Waals surface area contributed by atoms with Gasteiger partial charge in [0.25, 0.3) is 0 Å². The summed E-state index contributed by atoms with van der Waals surface area (Å²) in [6, 6.07) is 4.67. The molecule has 74 valence electrons. The Morgan fingerprint density at radius 3 is 3.07 bits per heavy atom. The summed E-state index contributed by atoms with van der Waals surface area (Å²) in [5, 5.41) is 10.7. The highest BCUT2D eigenvalue weighted by atomic mass is 16.6. The predicted octanol–water partition coefficient (Wildman–Crippen LogP) is 1.38. The van der Waals surface area contributed by atoms with Crippen molar-refractivity contribution in [3.05, 3.63) is 33.9 Å². The van der Waals surface area contributed by atoms with Gasteiger partial charge in [-0.1, -0.05) is 12.1 Å². The second-order valence-corrected chi connectivity index (χ2v) is 3.20. The van der Waals surface area contributed by atoms with E-state index < -0.39 is 4.92 Å². The van der Waals surface area contributed by atoms with E-state index in [1.54, 1.807) is 12.1 Å². The fourth-order valence-corrected chi connectivity index (χ4v) is 1.58. The van der Waals surface area contributed by atoms with Gasteiger partial charge in [-0.15, -0.1) is 0 Å². The van der Waals surface area contributed by atoms with E-state index in [0.29, 0.717) is 18.8 Å². The quantitative estimate of drug-likeness (QED) is 0.541. The zero-order chi connectivity index (χ0) is 10.1. The number of hydrogen-bond donors (Lipinski definition) is 1. The molecule has 0 aliphatic carbocycles. The van der Waals surface area contributed by atoms with Gasteiger partial charge >= 0.3 is 5.69 Å². The molecule has 0 amide bonds. The highest BCUT2D eigenvalue weighted by Crippen LogP contribution is 2.37. The van der Waals surface area contributed by atoms with Gasteiger partial charge in [0.05, 0.1) is 11.5 Å². The Bertz CT molecular complexity index is 378. The summed E-state index contributed by atoms with van der Waals surface area (Å²) in [6.07, 6.45) is 0.703. The topological polar surface area (TPSA) is 78.4 Å². The van der Waals surface area contributed by atoms with E-state index in [1.165, 1.54) is 6.07 Å². The highest BCUT2D eigenvalue weighted by molar-refractivity contribution is 5.53. The van der Waals surface area contributed by atoms with Crippen LogP contribution in [0.2, 0.25) is 0 Å². The maximum Gasteiger partial charge on any atom is 0.311 e. The molecule has 0 unspecified atom stereocenters. The van der Waals surface area contributed by atoms with Gasteiger partial charge in [0.2, 0.25) is 5.75 Å². The van der Waals surface area contributed by atoms with Gasteiger partial charge in [0, 0.05) is 24.1 Å². The number of para-hydroxylation sites is 1. The first-order valence-corrected chi connectivity index (χ1v) is 4.36. The Morgan fingerprint density at radius 1 is 1.57 bits per heavy atom. The van der Waals surface area contributed by atoms with Gasteiger partial charge in [-0.25, -0.2) is 0 Å². The predicted molar refractivity (Wildman–Crippen MR) is 50.1 cm³/mol. The van der Waals surface area contributed by atoms with Crippen LogP contribution in [-0.4, -0.2) is 11.5 Å². The molecule has 2 N–H and O–H groups in total. The monoisotopic (exact) mass is 194 g/mol. The second kappa shape index (κ2) is 3.26. The molecule has 1 atom stereocenters. The normalized spacial score (nSPS) is 19.6. The Kier molecular flexibility index (Phi) is 2.09. The minimum absolute atomic E-state index is 0.00218. The molecule has 1 aromatic rings. The first kappa shape index (κ1) is 8.96. The number of ether oxygens (including phenoxy) is 1. The Labute approximate surface area is 80.6 Å². The Morgan fingerprint density at radius 2 is 2.36 bits per heavy atom. The Hall–Kier alpha value is -1.62. The fourth-order valence-electron chi connectivity index (χ4n) is 1.58. The maximum atomic E-state index is 10.7. The molecule has 0 bridgehead atoms. The van der Waals surface area contributed by atoms with Crippen LogP contribution in [0.1, 0.15) is 18.0 Å². The van der Waals surface area contributed by atoms with Gasteiger partial charge in [0.1, 0.15) is 0 Å². The number of hydrogen-bond acceptors (Lipinski definition) is 4. The SMILES string of the molecule is N[C@@H]1CCOc2c1cccc2[N+](=O)[O-]. The van der Waals surface area contributed by atoms with E-state index in [-0.39, 0.29) is 11.7 Å². The average Bonchev–Trinajstić information content (AvgIpc) is 2.17. The van der Waals surface area contributed by atoms with Crippen molar-refractivity contribution >= 4 is 5.69 Å². The van der Waals surface area contributed by atoms with E-state index in [1.807, 2.05) is 0 Å². The smallest absolute Gasteiger partial charge is 0.311 e. The number of nitro benzene ring substituents is 1. The molecule has 0 spiro atoms. The van der Waals surface area contributed by atoms with Crippen LogP contribution in [0.25, 0.3) is 0 Å². The van der Waals surface area contributed by atoms with Crippen molar-refractivity contribution in [3.63, 3.8) is 0 Å². The van der Waals surface area contributed by atoms with Gasteiger partial charge < -0.3 is 10.5 Å². The lowest BCUT2D eigenvalue weighted by molar-refractivity contribution is -0.386. The van der Waals surface area contributed by atoms with E-state index in [0.717, 1.165) is 5.56 Å². The van der Waals surface area contributed by atoms with Crippen molar-refractivity contribution in [2.24, 2.45) is 5.73 Å². The fraction of sp³-hybridized carbons (Fsp3) is 0.333. The maximum absolute atomic E-state index is 10.7. The Balaban J connectivity index is 2.55. The molecule has 0 saturated carbocycles. The molecule has 0 radical (unpaired) electrons. The van der Waals surface area contributed by atoms with Gasteiger partial charge in [-0.2, -0.15) is 0 Å². The van der Waals surface area contributed by atoms with E-state index in [9.17, 15) is 10.1 Å². The van der Waals surface area contributed by atoms with Crippen LogP contribution in [-0.2, 0) is 0 Å². The van der Waals surface area contributed by atoms with E-state index in [2.05, 4.69) is 0 Å². The van der Waals surface area contributed by atoms with Crippen molar-refractivity contribution in [1.29, 1.82) is 0 Å². The third-order valence-electron chi connectivity index (χ3n) is 2.30. The van der Waals surface area contributed by atoms with Crippen LogP contribution in [0.15, 0.2) is 18.2 Å². The first-order valence-electron chi connectivity index (χ1n) is 4.36. The molecule has 1 heterocycles. The molecule has 1 aromatic carbocycles. The summed E-state index contributed by atoms with van der Waals surface area (Å²) in [7, 11) is 0. The molecular formula is C9H10N2O3. The number of nitrogens with zero attached hydrogens (tertiary/aromatic N) is 1. The third kappa shape index (κ3) is 1.31. The molecule has 14 heavy (non-hydrogen) atoms. The number of benzene rings is 1. The molecule has 0 aromatic heterocycles. The molecule has 5 heteroatoms. The van der Waals surface area contributed by atoms with Crippen LogP contribution in [0, 0.1) is 10.1 Å². The van der Waals surface area contributed by atoms with Crippen LogP contribution in [0.5, 0.6) is 5.75 Å². The average molecular weight is 194 g/mol. The van der Waals surface area contributed by atoms with Crippen LogP contribution in [0.4, 0.5) is 5.69 Å². The molecule has 1 aliphatic heterocycles. The minimum Gasteiger partial charge on any atom is -0.487 e. The molecule has 5 nitrogen and oxygen atoms in total. The summed E-state index contributed by atoms with van der Waals surface area (Å²) in [5.74, 6) is 0.330. The largest absolute Gasteiger partial charge is 0.487 e. The van der Waals surface area contributed by atoms with Gasteiger partial charge in [0.15, 0.2) is 0 Å². The molecule has 0 fully saturated rings. The summed E-state index contributed by atoms with van der Waals surface area (Å²) in [5.41, 5.74) is 6.54. The lowest BCUT2D eigenvalue weighted by Gasteiger charge is -2.22. The molecular weight excluding hydrogens is 184 g/mol. The van der Waals surface area contributed by atoms with Crippen molar-refractivity contribution < 1.29 is 9.66 Å². The van der Waals surface area contributed by atoms with Crippen LogP contribution in [0.3, 0.4) is 0 Å². The minimum atomic E-state index is -0.448. The number of rotatable bonds is 1. The molecule has 2 rings (SSSR count). The van der Waals surface area contributed by atoms with E-state index >= 15 is 0 Å². The highest BCUT2D eigenvalue weighted by Gasteiger charge is 2.25. The van der Waals surface area contributed by atoms with Crippen molar-refractivity contribution in [3.8, 4) is 5.75 Å². The first-order chi connectivity index (χ1) is 6.70. The zero-order valence-corrected chi connectivity index (χ0v) is 7.47. The lowest BCUT2D eigenvalue weighted by atomic mass is 10.0. The molecule has 1 aliphatic rings. The van der Waals surface area contributed by atoms with Crippen LogP contribution >= 0.6 is 0 Å². The third-order valence-corrected chi connectivity index (χ3v) is 2.30. The van der Waals surface area contributed by atoms with Crippen molar-refractivity contribution in [2.75, 3.05) is 6.61 Å². The molecule has 0 saturated heterocycles. The van der Waals surface area contributed by atoms with Gasteiger partial charge in [-0.05, 0) is 0 Å². The number of fused-ring (bicyclic) bond motifs is 1. The van der Waals surface area contributed by atoms with Crippen molar-refractivity contribution in [1.82, 2.24) is 0 Å². The summed E-state index contributed by atoms with van der Waals surface area (Å²) < 4.78 is 5.26. The second-order valence-electron chi connectivity index (χ2n) is 3.20.